The average molecular weight is 372 g/mol. The highest BCUT2D eigenvalue weighted by molar-refractivity contribution is 6.31. The third-order valence-corrected chi connectivity index (χ3v) is 3.73. The van der Waals surface area contributed by atoms with Gasteiger partial charge in [-0.2, -0.15) is 4.68 Å². The summed E-state index contributed by atoms with van der Waals surface area (Å²) < 4.78 is 6.66. The van der Waals surface area contributed by atoms with Crippen molar-refractivity contribution >= 4 is 29.3 Å². The van der Waals surface area contributed by atoms with Crippen LogP contribution in [0.15, 0.2) is 48.7 Å². The molecule has 9 heteroatoms. The van der Waals surface area contributed by atoms with Crippen LogP contribution in [0, 0.1) is 0 Å². The van der Waals surface area contributed by atoms with Crippen LogP contribution in [0.4, 0.5) is 5.69 Å². The predicted molar refractivity (Wildman–Crippen MR) is 96.8 cm³/mol. The summed E-state index contributed by atoms with van der Waals surface area (Å²) in [7, 11) is 1.59. The van der Waals surface area contributed by atoms with Crippen molar-refractivity contribution in [3.63, 3.8) is 0 Å². The van der Waals surface area contributed by atoms with Gasteiger partial charge in [0.1, 0.15) is 5.75 Å². The van der Waals surface area contributed by atoms with E-state index in [1.54, 1.807) is 31.5 Å². The molecule has 0 bridgehead atoms. The first-order chi connectivity index (χ1) is 12.6. The number of hydrogen-bond donors (Lipinski definition) is 2. The summed E-state index contributed by atoms with van der Waals surface area (Å²) in [5.74, 6) is 0.130. The second-order valence-corrected chi connectivity index (χ2v) is 5.56. The Morgan fingerprint density at radius 3 is 2.73 bits per heavy atom. The zero-order chi connectivity index (χ0) is 18.5. The van der Waals surface area contributed by atoms with Crippen LogP contribution in [0.25, 0.3) is 11.8 Å². The number of methoxy groups -OCH3 is 1. The zero-order valence-corrected chi connectivity index (χ0v) is 14.4. The topological polar surface area (TPSA) is 102 Å². The number of carboxylic acid groups (broad SMARTS) is 1. The first-order valence-electron chi connectivity index (χ1n) is 7.47. The predicted octanol–water partition coefficient (Wildman–Crippen LogP) is 3.11. The fraction of sp³-hybridized carbons (Fsp3) is 0.0588. The Morgan fingerprint density at radius 2 is 2.04 bits per heavy atom. The van der Waals surface area contributed by atoms with Gasteiger partial charge in [0.05, 0.1) is 24.0 Å². The van der Waals surface area contributed by atoms with Crippen molar-refractivity contribution < 1.29 is 14.6 Å². The second-order valence-electron chi connectivity index (χ2n) is 5.12. The highest BCUT2D eigenvalue weighted by Gasteiger charge is 2.10. The van der Waals surface area contributed by atoms with Crippen LogP contribution >= 0.6 is 11.6 Å². The highest BCUT2D eigenvalue weighted by Crippen LogP contribution is 2.21. The first kappa shape index (κ1) is 17.4. The summed E-state index contributed by atoms with van der Waals surface area (Å²) >= 11 is 5.93. The largest absolute Gasteiger partial charge is 0.497 e. The van der Waals surface area contributed by atoms with Gasteiger partial charge in [-0.05, 0) is 52.9 Å². The number of nitrogens with one attached hydrogen (secondary N) is 1. The minimum absolute atomic E-state index is 0.105. The number of carboxylic acids is 1. The van der Waals surface area contributed by atoms with Crippen LogP contribution in [-0.2, 0) is 0 Å². The SMILES string of the molecule is COc1ccc(-n2nnnc2/C=C/Nc2cc(Cl)ccc2C(=O)O)cc1. The number of halogens is 1. The Balaban J connectivity index is 1.81. The number of anilines is 1. The third-order valence-electron chi connectivity index (χ3n) is 3.49. The normalized spacial score (nSPS) is 10.8. The number of aromatic nitrogens is 4. The molecule has 8 nitrogen and oxygen atoms in total. The third kappa shape index (κ3) is 3.81. The van der Waals surface area contributed by atoms with Gasteiger partial charge in [-0.15, -0.1) is 5.10 Å². The lowest BCUT2D eigenvalue weighted by Crippen LogP contribution is -2.02. The van der Waals surface area contributed by atoms with Crippen LogP contribution in [0.5, 0.6) is 5.75 Å². The Morgan fingerprint density at radius 1 is 1.27 bits per heavy atom. The van der Waals surface area contributed by atoms with Crippen molar-refractivity contribution in [1.82, 2.24) is 20.2 Å². The number of rotatable bonds is 6. The summed E-state index contributed by atoms with van der Waals surface area (Å²) in [4.78, 5) is 11.3. The molecule has 3 rings (SSSR count). The molecule has 26 heavy (non-hydrogen) atoms. The van der Waals surface area contributed by atoms with Gasteiger partial charge >= 0.3 is 5.97 Å². The molecule has 1 heterocycles. The summed E-state index contributed by atoms with van der Waals surface area (Å²) in [6.07, 6.45) is 3.17. The molecule has 2 aromatic carbocycles. The second kappa shape index (κ2) is 7.66. The average Bonchev–Trinajstić information content (AvgIpc) is 3.10. The van der Waals surface area contributed by atoms with Gasteiger partial charge in [0, 0.05) is 17.3 Å². The number of ether oxygens (including phenoxy) is 1. The summed E-state index contributed by atoms with van der Waals surface area (Å²) in [6.45, 7) is 0. The summed E-state index contributed by atoms with van der Waals surface area (Å²) in [5, 5.41) is 24.1. The maximum Gasteiger partial charge on any atom is 0.337 e. The van der Waals surface area contributed by atoms with Gasteiger partial charge in [0.15, 0.2) is 5.82 Å². The molecule has 0 spiro atoms. The molecule has 0 aliphatic rings. The standard InChI is InChI=1S/C17H14ClN5O3/c1-26-13-5-3-12(4-6-13)23-16(20-21-22-23)8-9-19-15-10-11(18)2-7-14(15)17(24)25/h2-10,19H,1H3,(H,24,25)/b9-8+. The molecule has 0 amide bonds. The van der Waals surface area contributed by atoms with E-state index in [4.69, 9.17) is 16.3 Å². The minimum atomic E-state index is -1.05. The summed E-state index contributed by atoms with van der Waals surface area (Å²) in [6, 6.07) is 11.7. The Hall–Kier alpha value is -3.39. The van der Waals surface area contributed by atoms with E-state index >= 15 is 0 Å². The van der Waals surface area contributed by atoms with Gasteiger partial charge in [-0.3, -0.25) is 0 Å². The Bertz CT molecular complexity index is 953. The van der Waals surface area contributed by atoms with Gasteiger partial charge in [0.2, 0.25) is 0 Å². The van der Waals surface area contributed by atoms with E-state index < -0.39 is 5.97 Å². The number of nitrogens with zero attached hydrogens (tertiary/aromatic N) is 4. The molecule has 0 unspecified atom stereocenters. The first-order valence-corrected chi connectivity index (χ1v) is 7.85. The van der Waals surface area contributed by atoms with Gasteiger partial charge in [0.25, 0.3) is 0 Å². The van der Waals surface area contributed by atoms with Gasteiger partial charge < -0.3 is 15.2 Å². The molecule has 1 aromatic heterocycles. The number of aromatic carboxylic acids is 1. The van der Waals surface area contributed by atoms with Crippen molar-refractivity contribution in [2.75, 3.05) is 12.4 Å². The van der Waals surface area contributed by atoms with E-state index in [2.05, 4.69) is 20.8 Å². The number of tetrazole rings is 1. The molecule has 0 aliphatic carbocycles. The maximum atomic E-state index is 11.3. The van der Waals surface area contributed by atoms with Gasteiger partial charge in [-0.1, -0.05) is 11.6 Å². The van der Waals surface area contributed by atoms with Crippen molar-refractivity contribution in [2.24, 2.45) is 0 Å². The minimum Gasteiger partial charge on any atom is -0.497 e. The number of benzene rings is 2. The molecular formula is C17H14ClN5O3. The van der Waals surface area contributed by atoms with E-state index in [-0.39, 0.29) is 5.56 Å². The molecule has 0 radical (unpaired) electrons. The maximum absolute atomic E-state index is 11.3. The molecule has 3 aromatic rings. The van der Waals surface area contributed by atoms with Crippen molar-refractivity contribution in [2.45, 2.75) is 0 Å². The Kier molecular flexibility index (Phi) is 5.14. The quantitative estimate of drug-likeness (QED) is 0.686. The van der Waals surface area contributed by atoms with Crippen LogP contribution in [0.1, 0.15) is 16.2 Å². The smallest absolute Gasteiger partial charge is 0.337 e. The lowest BCUT2D eigenvalue weighted by Gasteiger charge is -2.06. The zero-order valence-electron chi connectivity index (χ0n) is 13.6. The lowest BCUT2D eigenvalue weighted by molar-refractivity contribution is 0.0698. The van der Waals surface area contributed by atoms with Crippen molar-refractivity contribution in [3.8, 4) is 11.4 Å². The Labute approximate surface area is 153 Å². The van der Waals surface area contributed by atoms with Crippen LogP contribution in [0.2, 0.25) is 5.02 Å². The van der Waals surface area contributed by atoms with E-state index in [0.717, 1.165) is 11.4 Å². The molecular weight excluding hydrogens is 358 g/mol. The fourth-order valence-corrected chi connectivity index (χ4v) is 2.41. The van der Waals surface area contributed by atoms with E-state index in [1.807, 2.05) is 12.1 Å². The van der Waals surface area contributed by atoms with Gasteiger partial charge in [-0.25, -0.2) is 4.79 Å². The highest BCUT2D eigenvalue weighted by atomic mass is 35.5. The monoisotopic (exact) mass is 371 g/mol. The van der Waals surface area contributed by atoms with Crippen molar-refractivity contribution in [3.05, 3.63) is 65.1 Å². The molecule has 132 valence electrons. The molecule has 0 fully saturated rings. The number of carbonyl (C=O) groups is 1. The van der Waals surface area contributed by atoms with E-state index in [0.29, 0.717) is 16.5 Å². The number of hydrogen-bond acceptors (Lipinski definition) is 6. The van der Waals surface area contributed by atoms with Crippen LogP contribution < -0.4 is 10.1 Å². The van der Waals surface area contributed by atoms with Crippen LogP contribution in [-0.4, -0.2) is 38.4 Å². The molecule has 0 atom stereocenters. The van der Waals surface area contributed by atoms with Crippen molar-refractivity contribution in [1.29, 1.82) is 0 Å². The lowest BCUT2D eigenvalue weighted by atomic mass is 10.2. The molecule has 0 saturated carbocycles. The molecule has 0 aliphatic heterocycles. The van der Waals surface area contributed by atoms with E-state index in [1.165, 1.54) is 22.9 Å². The van der Waals surface area contributed by atoms with E-state index in [9.17, 15) is 9.90 Å². The molecule has 0 saturated heterocycles. The molecule has 2 N–H and O–H groups in total. The fourth-order valence-electron chi connectivity index (χ4n) is 2.23. The summed E-state index contributed by atoms with van der Waals surface area (Å²) in [5.41, 5.74) is 1.22. The van der Waals surface area contributed by atoms with Crippen LogP contribution in [0.3, 0.4) is 0 Å².